The molecule has 14 heavy (non-hydrogen) atoms. The Balaban J connectivity index is 2.20. The van der Waals surface area contributed by atoms with Crippen LogP contribution < -0.4 is 0 Å². The summed E-state index contributed by atoms with van der Waals surface area (Å²) in [5.74, 6) is 0. The van der Waals surface area contributed by atoms with Crippen LogP contribution in [0.1, 0.15) is 29.0 Å². The Hall–Kier alpha value is -0.380. The summed E-state index contributed by atoms with van der Waals surface area (Å²) < 4.78 is 5.36. The molecule has 1 aliphatic heterocycles. The minimum atomic E-state index is -0.630. The molecular weight excluding hydrogens is 196 g/mol. The summed E-state index contributed by atoms with van der Waals surface area (Å²) in [4.78, 5) is 2.36. The average Bonchev–Trinajstić information content (AvgIpc) is 2.47. The molecule has 0 radical (unpaired) electrons. The molecule has 0 saturated carbocycles. The van der Waals surface area contributed by atoms with Crippen LogP contribution in [0.3, 0.4) is 0 Å². The molecule has 0 bridgehead atoms. The second-order valence-corrected chi connectivity index (χ2v) is 5.20. The molecule has 78 valence electrons. The lowest BCUT2D eigenvalue weighted by molar-refractivity contribution is 0.0178. The zero-order valence-electron chi connectivity index (χ0n) is 8.45. The summed E-state index contributed by atoms with van der Waals surface area (Å²) in [6, 6.07) is 4.12. The van der Waals surface area contributed by atoms with Gasteiger partial charge in [-0.1, -0.05) is 0 Å². The van der Waals surface area contributed by atoms with Crippen LogP contribution in [-0.4, -0.2) is 18.3 Å². The van der Waals surface area contributed by atoms with Gasteiger partial charge in [0, 0.05) is 29.4 Å². The van der Waals surface area contributed by atoms with Crippen molar-refractivity contribution in [1.82, 2.24) is 0 Å². The van der Waals surface area contributed by atoms with Gasteiger partial charge in [-0.2, -0.15) is 0 Å². The lowest BCUT2D eigenvalue weighted by atomic mass is 9.93. The molecule has 1 aromatic heterocycles. The predicted octanol–water partition coefficient (Wildman–Crippen LogP) is 2.44. The van der Waals surface area contributed by atoms with Crippen LogP contribution in [0.4, 0.5) is 0 Å². The van der Waals surface area contributed by atoms with Gasteiger partial charge < -0.3 is 9.84 Å². The van der Waals surface area contributed by atoms with E-state index >= 15 is 0 Å². The fourth-order valence-corrected chi connectivity index (χ4v) is 2.88. The highest BCUT2D eigenvalue weighted by atomic mass is 32.1. The van der Waals surface area contributed by atoms with Gasteiger partial charge in [0.15, 0.2) is 0 Å². The van der Waals surface area contributed by atoms with Gasteiger partial charge in [-0.25, -0.2) is 0 Å². The number of aliphatic hydroxyl groups is 1. The maximum absolute atomic E-state index is 10.5. The Morgan fingerprint density at radius 3 is 2.93 bits per heavy atom. The fraction of sp³-hybridized carbons (Fsp3) is 0.636. The first kappa shape index (κ1) is 10.1. The third-order valence-electron chi connectivity index (χ3n) is 2.74. The van der Waals surface area contributed by atoms with Crippen molar-refractivity contribution in [1.29, 1.82) is 0 Å². The molecule has 1 aromatic rings. The Labute approximate surface area is 88.5 Å². The first-order valence-corrected chi connectivity index (χ1v) is 5.89. The summed E-state index contributed by atoms with van der Waals surface area (Å²) >= 11 is 1.70. The number of aryl methyl sites for hydroxylation is 1. The van der Waals surface area contributed by atoms with Crippen LogP contribution in [0.5, 0.6) is 0 Å². The average molecular weight is 212 g/mol. The number of rotatable bonds is 1. The van der Waals surface area contributed by atoms with Crippen molar-refractivity contribution < 1.29 is 9.84 Å². The lowest BCUT2D eigenvalue weighted by Gasteiger charge is -2.24. The van der Waals surface area contributed by atoms with E-state index < -0.39 is 5.60 Å². The highest BCUT2D eigenvalue weighted by molar-refractivity contribution is 7.12. The Morgan fingerprint density at radius 2 is 2.21 bits per heavy atom. The summed E-state index contributed by atoms with van der Waals surface area (Å²) in [6.07, 6.45) is 2.51. The van der Waals surface area contributed by atoms with Crippen molar-refractivity contribution in [2.45, 2.75) is 31.8 Å². The molecule has 0 aromatic carbocycles. The van der Waals surface area contributed by atoms with E-state index in [1.807, 2.05) is 6.07 Å². The van der Waals surface area contributed by atoms with Gasteiger partial charge in [0.1, 0.15) is 5.60 Å². The maximum Gasteiger partial charge on any atom is 0.101 e. The summed E-state index contributed by atoms with van der Waals surface area (Å²) in [5, 5.41) is 10.5. The van der Waals surface area contributed by atoms with Crippen molar-refractivity contribution in [2.24, 2.45) is 0 Å². The lowest BCUT2D eigenvalue weighted by Crippen LogP contribution is -2.24. The van der Waals surface area contributed by atoms with Gasteiger partial charge in [-0.15, -0.1) is 11.3 Å². The molecule has 1 unspecified atom stereocenters. The maximum atomic E-state index is 10.5. The molecule has 3 heteroatoms. The van der Waals surface area contributed by atoms with Crippen molar-refractivity contribution in [3.05, 3.63) is 21.9 Å². The summed E-state index contributed by atoms with van der Waals surface area (Å²) in [6.45, 7) is 3.53. The Morgan fingerprint density at radius 1 is 1.36 bits per heavy atom. The van der Waals surface area contributed by atoms with Crippen LogP contribution in [0, 0.1) is 6.92 Å². The van der Waals surface area contributed by atoms with E-state index in [9.17, 15) is 5.11 Å². The van der Waals surface area contributed by atoms with Gasteiger partial charge in [-0.3, -0.25) is 0 Å². The van der Waals surface area contributed by atoms with Crippen molar-refractivity contribution in [3.63, 3.8) is 0 Å². The van der Waals surface area contributed by atoms with E-state index in [4.69, 9.17) is 4.74 Å². The molecular formula is C11H16O2S. The smallest absolute Gasteiger partial charge is 0.101 e. The first-order valence-electron chi connectivity index (χ1n) is 5.08. The van der Waals surface area contributed by atoms with E-state index in [0.29, 0.717) is 6.61 Å². The standard InChI is InChI=1S/C11H16O2S/c1-9-3-4-10(14-9)11(12)5-2-7-13-8-6-11/h3-4,12H,2,5-8H2,1H3. The molecule has 0 spiro atoms. The highest BCUT2D eigenvalue weighted by Crippen LogP contribution is 2.36. The molecule has 2 rings (SSSR count). The Bertz CT molecular complexity index is 298. The van der Waals surface area contributed by atoms with Crippen LogP contribution >= 0.6 is 11.3 Å². The van der Waals surface area contributed by atoms with Crippen molar-refractivity contribution in [3.8, 4) is 0 Å². The third-order valence-corrected chi connectivity index (χ3v) is 3.93. The molecule has 1 atom stereocenters. The van der Waals surface area contributed by atoms with Gasteiger partial charge in [0.2, 0.25) is 0 Å². The topological polar surface area (TPSA) is 29.5 Å². The number of hydrogen-bond acceptors (Lipinski definition) is 3. The second kappa shape index (κ2) is 4.01. The monoisotopic (exact) mass is 212 g/mol. The minimum Gasteiger partial charge on any atom is -0.384 e. The van der Waals surface area contributed by atoms with E-state index in [2.05, 4.69) is 13.0 Å². The van der Waals surface area contributed by atoms with Crippen LogP contribution in [0.15, 0.2) is 12.1 Å². The quantitative estimate of drug-likeness (QED) is 0.774. The third kappa shape index (κ3) is 2.00. The molecule has 1 saturated heterocycles. The second-order valence-electron chi connectivity index (χ2n) is 3.91. The molecule has 0 aliphatic carbocycles. The number of hydrogen-bond donors (Lipinski definition) is 1. The largest absolute Gasteiger partial charge is 0.384 e. The van der Waals surface area contributed by atoms with Gasteiger partial charge in [0.05, 0.1) is 0 Å². The molecule has 1 N–H and O–H groups in total. The van der Waals surface area contributed by atoms with Gasteiger partial charge >= 0.3 is 0 Å². The number of ether oxygens (including phenoxy) is 1. The Kier molecular flexibility index (Phi) is 2.91. The molecule has 1 aliphatic rings. The first-order chi connectivity index (χ1) is 6.71. The van der Waals surface area contributed by atoms with E-state index in [1.165, 1.54) is 4.88 Å². The minimum absolute atomic E-state index is 0.630. The van der Waals surface area contributed by atoms with E-state index in [1.54, 1.807) is 11.3 Å². The normalized spacial score (nSPS) is 28.7. The molecule has 2 heterocycles. The van der Waals surface area contributed by atoms with Crippen molar-refractivity contribution >= 4 is 11.3 Å². The van der Waals surface area contributed by atoms with Gasteiger partial charge in [-0.05, 0) is 31.9 Å². The SMILES string of the molecule is Cc1ccc(C2(O)CCCOCC2)s1. The predicted molar refractivity (Wildman–Crippen MR) is 57.6 cm³/mol. The summed E-state index contributed by atoms with van der Waals surface area (Å²) in [7, 11) is 0. The molecule has 2 nitrogen and oxygen atoms in total. The van der Waals surface area contributed by atoms with Crippen molar-refractivity contribution in [2.75, 3.05) is 13.2 Å². The highest BCUT2D eigenvalue weighted by Gasteiger charge is 2.31. The van der Waals surface area contributed by atoms with Gasteiger partial charge in [0.25, 0.3) is 0 Å². The van der Waals surface area contributed by atoms with Crippen LogP contribution in [0.2, 0.25) is 0 Å². The van der Waals surface area contributed by atoms with Crippen LogP contribution in [0.25, 0.3) is 0 Å². The van der Waals surface area contributed by atoms with E-state index in [0.717, 1.165) is 30.7 Å². The van der Waals surface area contributed by atoms with E-state index in [-0.39, 0.29) is 0 Å². The molecule has 1 fully saturated rings. The molecule has 0 amide bonds. The fourth-order valence-electron chi connectivity index (χ4n) is 1.87. The zero-order valence-corrected chi connectivity index (χ0v) is 9.27. The van der Waals surface area contributed by atoms with Crippen LogP contribution in [-0.2, 0) is 10.3 Å². The number of thiophene rings is 1. The summed E-state index contributed by atoms with van der Waals surface area (Å²) in [5.41, 5.74) is -0.630. The zero-order chi connectivity index (χ0) is 10.0.